The predicted molar refractivity (Wildman–Crippen MR) is 106 cm³/mol. The molecule has 0 aliphatic carbocycles. The number of hydrogen-bond donors (Lipinski definition) is 1. The van der Waals surface area contributed by atoms with Crippen LogP contribution in [-0.4, -0.2) is 56.2 Å². The van der Waals surface area contributed by atoms with Crippen molar-refractivity contribution in [1.29, 1.82) is 0 Å². The van der Waals surface area contributed by atoms with E-state index in [-0.39, 0.29) is 30.2 Å². The molecule has 4 heterocycles. The van der Waals surface area contributed by atoms with Gasteiger partial charge >= 0.3 is 6.72 Å². The Labute approximate surface area is 176 Å². The lowest BCUT2D eigenvalue weighted by molar-refractivity contribution is -0.0635. The van der Waals surface area contributed by atoms with Crippen molar-refractivity contribution in [2.75, 3.05) is 18.9 Å². The Kier molecular flexibility index (Phi) is 5.48. The molecule has 2 N–H and O–H groups in total. The van der Waals surface area contributed by atoms with Crippen molar-refractivity contribution in [2.24, 2.45) is 0 Å². The number of rotatable bonds is 5. The number of nitrogens with two attached hydrogens (primary N) is 1. The molecule has 160 valence electrons. The van der Waals surface area contributed by atoms with Gasteiger partial charge in [-0.25, -0.2) is 9.37 Å². The lowest BCUT2D eigenvalue weighted by atomic mass is 10.1. The van der Waals surface area contributed by atoms with Gasteiger partial charge in [-0.15, -0.1) is 0 Å². The number of imidazole rings is 1. The van der Waals surface area contributed by atoms with Crippen LogP contribution in [0.5, 0.6) is 5.88 Å². The van der Waals surface area contributed by atoms with Crippen molar-refractivity contribution in [3.8, 4) is 5.88 Å². The second-order valence-corrected chi connectivity index (χ2v) is 10.3. The van der Waals surface area contributed by atoms with Gasteiger partial charge in [-0.3, -0.25) is 9.09 Å². The molecule has 2 aromatic rings. The maximum Gasteiger partial charge on any atom is 0.328 e. The molecule has 29 heavy (non-hydrogen) atoms. The summed E-state index contributed by atoms with van der Waals surface area (Å²) in [5, 5.41) is -2.49. The summed E-state index contributed by atoms with van der Waals surface area (Å²) in [5.74, 6) is 0.126. The Balaban J connectivity index is 1.70. The molecule has 0 radical (unpaired) electrons. The quantitative estimate of drug-likeness (QED) is 0.519. The van der Waals surface area contributed by atoms with E-state index in [1.165, 1.54) is 10.9 Å². The molecule has 2 saturated heterocycles. The van der Waals surface area contributed by atoms with Gasteiger partial charge in [0.05, 0.1) is 25.6 Å². The van der Waals surface area contributed by atoms with Crippen LogP contribution in [0, 0.1) is 0 Å². The van der Waals surface area contributed by atoms with Crippen LogP contribution in [0.2, 0.25) is 0 Å². The first-order valence-electron chi connectivity index (χ1n) is 8.92. The summed E-state index contributed by atoms with van der Waals surface area (Å²) >= 11 is 11.6. The monoisotopic (exact) mass is 467 g/mol. The molecule has 0 amide bonds. The number of anilines is 1. The summed E-state index contributed by atoms with van der Waals surface area (Å²) < 4.78 is 45.1. The summed E-state index contributed by atoms with van der Waals surface area (Å²) in [4.78, 5) is 12.4. The number of fused-ring (bicyclic) bond motifs is 2. The fourth-order valence-corrected chi connectivity index (χ4v) is 6.16. The lowest BCUT2D eigenvalue weighted by Gasteiger charge is -2.35. The zero-order valence-corrected chi connectivity index (χ0v) is 18.3. The molecule has 0 saturated carbocycles. The third-order valence-electron chi connectivity index (χ3n) is 4.27. The summed E-state index contributed by atoms with van der Waals surface area (Å²) in [6, 6.07) is 0. The molecule has 2 aromatic heterocycles. The van der Waals surface area contributed by atoms with Gasteiger partial charge in [-0.2, -0.15) is 9.97 Å². The number of nitrogens with zero attached hydrogens (tertiary/aromatic N) is 4. The van der Waals surface area contributed by atoms with Gasteiger partial charge in [0, 0.05) is 0 Å². The molecule has 10 nitrogen and oxygen atoms in total. The Morgan fingerprint density at radius 2 is 2.28 bits per heavy atom. The van der Waals surface area contributed by atoms with Gasteiger partial charge in [-0.05, 0) is 32.6 Å². The second kappa shape index (κ2) is 7.52. The number of ether oxygens (including phenoxy) is 2. The second-order valence-electron chi connectivity index (χ2n) is 6.77. The standard InChI is InChI=1S/C15H20ClFN5O5PS/c1-4-23-12-9-11(20-14(18)21-12)22(6-19-9)13-15(16,17)10-8(25-13)5-24-28(29,27-10)26-7(2)3/h6-8,10,13H,4-5H2,1-3H3,(H2,18,20,21)/t8-,10-,13-,15-,28+/m1/s1. The van der Waals surface area contributed by atoms with E-state index in [4.69, 9.17) is 52.2 Å². The molecule has 2 aliphatic heterocycles. The van der Waals surface area contributed by atoms with Gasteiger partial charge in [0.2, 0.25) is 11.8 Å². The highest BCUT2D eigenvalue weighted by Crippen LogP contribution is 2.61. The zero-order valence-electron chi connectivity index (χ0n) is 15.8. The van der Waals surface area contributed by atoms with Gasteiger partial charge in [-0.1, -0.05) is 11.6 Å². The molecule has 0 unspecified atom stereocenters. The van der Waals surface area contributed by atoms with Crippen LogP contribution in [0.1, 0.15) is 27.0 Å². The van der Waals surface area contributed by atoms with E-state index in [1.54, 1.807) is 20.8 Å². The lowest BCUT2D eigenvalue weighted by Crippen LogP contribution is -2.43. The minimum Gasteiger partial charge on any atom is -0.476 e. The average Bonchev–Trinajstić information content (AvgIpc) is 3.13. The fourth-order valence-electron chi connectivity index (χ4n) is 3.20. The maximum atomic E-state index is 15.8. The summed E-state index contributed by atoms with van der Waals surface area (Å²) in [7, 11) is 0. The van der Waals surface area contributed by atoms with E-state index < -0.39 is 30.3 Å². The van der Waals surface area contributed by atoms with Crippen LogP contribution in [0.25, 0.3) is 11.2 Å². The first-order chi connectivity index (χ1) is 13.6. The number of aromatic nitrogens is 4. The van der Waals surface area contributed by atoms with Crippen molar-refractivity contribution in [1.82, 2.24) is 19.5 Å². The molecule has 2 fully saturated rings. The highest BCUT2D eigenvalue weighted by Gasteiger charge is 2.62. The smallest absolute Gasteiger partial charge is 0.328 e. The zero-order chi connectivity index (χ0) is 21.0. The number of nitrogen functional groups attached to an aromatic ring is 1. The van der Waals surface area contributed by atoms with E-state index >= 15 is 4.39 Å². The Morgan fingerprint density at radius 1 is 1.52 bits per heavy atom. The molecular formula is C15H20ClFN5O5PS. The van der Waals surface area contributed by atoms with E-state index in [0.717, 1.165) is 0 Å². The Morgan fingerprint density at radius 3 is 2.97 bits per heavy atom. The van der Waals surface area contributed by atoms with Crippen molar-refractivity contribution < 1.29 is 27.4 Å². The van der Waals surface area contributed by atoms with Crippen molar-refractivity contribution >= 4 is 47.2 Å². The van der Waals surface area contributed by atoms with Crippen molar-refractivity contribution in [3.05, 3.63) is 6.33 Å². The summed E-state index contributed by atoms with van der Waals surface area (Å²) in [5.41, 5.74) is 6.28. The molecule has 2 aliphatic rings. The third kappa shape index (κ3) is 3.71. The fraction of sp³-hybridized carbons (Fsp3) is 0.667. The van der Waals surface area contributed by atoms with E-state index in [2.05, 4.69) is 15.0 Å². The van der Waals surface area contributed by atoms with Crippen LogP contribution in [0.4, 0.5) is 10.3 Å². The first kappa shape index (κ1) is 21.1. The molecule has 14 heteroatoms. The van der Waals surface area contributed by atoms with Crippen LogP contribution >= 0.6 is 18.3 Å². The summed E-state index contributed by atoms with van der Waals surface area (Å²) in [6.07, 6.45) is -2.24. The van der Waals surface area contributed by atoms with E-state index in [9.17, 15) is 0 Å². The number of halogens is 2. The maximum absolute atomic E-state index is 15.8. The molecule has 0 bridgehead atoms. The van der Waals surface area contributed by atoms with Crippen LogP contribution < -0.4 is 10.5 Å². The summed E-state index contributed by atoms with van der Waals surface area (Å²) in [6.45, 7) is 2.52. The number of hydrogen-bond acceptors (Lipinski definition) is 10. The molecular weight excluding hydrogens is 448 g/mol. The van der Waals surface area contributed by atoms with Gasteiger partial charge in [0.25, 0.3) is 5.13 Å². The van der Waals surface area contributed by atoms with Crippen LogP contribution in [0.15, 0.2) is 6.33 Å². The van der Waals surface area contributed by atoms with E-state index in [0.29, 0.717) is 12.1 Å². The van der Waals surface area contributed by atoms with E-state index in [1.807, 2.05) is 0 Å². The molecule has 0 spiro atoms. The molecule has 0 aromatic carbocycles. The van der Waals surface area contributed by atoms with Crippen molar-refractivity contribution in [2.45, 2.75) is 50.4 Å². The first-order valence-corrected chi connectivity index (χ1v) is 11.9. The highest BCUT2D eigenvalue weighted by molar-refractivity contribution is 8.07. The number of alkyl halides is 2. The topological polar surface area (TPSA) is 116 Å². The minimum atomic E-state index is -3.16. The van der Waals surface area contributed by atoms with Gasteiger partial charge in [0.1, 0.15) is 12.2 Å². The minimum absolute atomic E-state index is 0.0164. The third-order valence-corrected chi connectivity index (χ3v) is 7.13. The molecule has 4 rings (SSSR count). The normalized spacial score (nSPS) is 34.6. The largest absolute Gasteiger partial charge is 0.476 e. The highest BCUT2D eigenvalue weighted by atomic mass is 35.5. The van der Waals surface area contributed by atoms with Gasteiger partial charge < -0.3 is 24.3 Å². The van der Waals surface area contributed by atoms with Crippen molar-refractivity contribution in [3.63, 3.8) is 0 Å². The van der Waals surface area contributed by atoms with Gasteiger partial charge in [0.15, 0.2) is 17.4 Å². The Bertz CT molecular complexity index is 978. The van der Waals surface area contributed by atoms with Crippen LogP contribution in [0.3, 0.4) is 0 Å². The average molecular weight is 468 g/mol. The predicted octanol–water partition coefficient (Wildman–Crippen LogP) is 2.67. The molecule has 5 atom stereocenters. The van der Waals surface area contributed by atoms with Crippen LogP contribution in [-0.2, 0) is 30.1 Å². The SMILES string of the molecule is CCOc1nc(N)nc2c1ncn2[C@@H]1O[C@@H]2CO[P@](=S)(OC(C)C)O[C@H]2[C@]1(F)Cl. The Hall–Kier alpha value is -1.14.